The fourth-order valence-corrected chi connectivity index (χ4v) is 2.75. The van der Waals surface area contributed by atoms with E-state index in [2.05, 4.69) is 24.4 Å². The van der Waals surface area contributed by atoms with E-state index in [-0.39, 0.29) is 0 Å². The van der Waals surface area contributed by atoms with Gasteiger partial charge in [-0.25, -0.2) is 0 Å². The van der Waals surface area contributed by atoms with Crippen molar-refractivity contribution >= 4 is 0 Å². The van der Waals surface area contributed by atoms with Crippen LogP contribution in [0.15, 0.2) is 12.2 Å². The molecule has 19 heavy (non-hydrogen) atoms. The lowest BCUT2D eigenvalue weighted by atomic mass is 9.85. The summed E-state index contributed by atoms with van der Waals surface area (Å²) in [4.78, 5) is 0. The lowest BCUT2D eigenvalue weighted by Crippen LogP contribution is -2.19. The van der Waals surface area contributed by atoms with Crippen LogP contribution in [0.3, 0.4) is 0 Å². The van der Waals surface area contributed by atoms with E-state index in [1.54, 1.807) is 0 Å². The summed E-state index contributed by atoms with van der Waals surface area (Å²) in [6.45, 7) is 5.50. The molecule has 0 saturated heterocycles. The Morgan fingerprint density at radius 1 is 1.05 bits per heavy atom. The highest BCUT2D eigenvalue weighted by atomic mass is 16.5. The number of hydrogen-bond donors (Lipinski definition) is 1. The van der Waals surface area contributed by atoms with Crippen LogP contribution in [0.4, 0.5) is 0 Å². The van der Waals surface area contributed by atoms with Crippen LogP contribution in [-0.2, 0) is 4.74 Å². The fourth-order valence-electron chi connectivity index (χ4n) is 2.75. The Bertz CT molecular complexity index is 260. The predicted octanol–water partition coefficient (Wildman–Crippen LogP) is 3.92. The SMILES string of the molecule is CC1CC=CCC1COCCCCCCNC1CC1. The molecule has 0 amide bonds. The van der Waals surface area contributed by atoms with Gasteiger partial charge in [-0.2, -0.15) is 0 Å². The molecule has 2 aliphatic carbocycles. The minimum Gasteiger partial charge on any atom is -0.381 e. The van der Waals surface area contributed by atoms with Crippen molar-refractivity contribution < 1.29 is 4.74 Å². The van der Waals surface area contributed by atoms with Crippen LogP contribution >= 0.6 is 0 Å². The monoisotopic (exact) mass is 265 g/mol. The maximum Gasteiger partial charge on any atom is 0.0499 e. The van der Waals surface area contributed by atoms with Gasteiger partial charge < -0.3 is 10.1 Å². The molecule has 2 unspecified atom stereocenters. The first-order valence-electron chi connectivity index (χ1n) is 8.32. The molecule has 1 saturated carbocycles. The van der Waals surface area contributed by atoms with Gasteiger partial charge in [0.15, 0.2) is 0 Å². The van der Waals surface area contributed by atoms with Crippen LogP contribution in [-0.4, -0.2) is 25.8 Å². The smallest absolute Gasteiger partial charge is 0.0499 e. The second-order valence-electron chi connectivity index (χ2n) is 6.40. The summed E-state index contributed by atoms with van der Waals surface area (Å²) in [5, 5.41) is 3.57. The Balaban J connectivity index is 1.34. The summed E-state index contributed by atoms with van der Waals surface area (Å²) in [5.74, 6) is 1.56. The van der Waals surface area contributed by atoms with Crippen molar-refractivity contribution in [3.8, 4) is 0 Å². The summed E-state index contributed by atoms with van der Waals surface area (Å²) in [7, 11) is 0. The minimum atomic E-state index is 0.757. The lowest BCUT2D eigenvalue weighted by Gasteiger charge is -2.24. The highest BCUT2D eigenvalue weighted by Gasteiger charge is 2.19. The van der Waals surface area contributed by atoms with Gasteiger partial charge in [0.2, 0.25) is 0 Å². The number of hydrogen-bond acceptors (Lipinski definition) is 2. The molecule has 1 N–H and O–H groups in total. The molecule has 0 aromatic carbocycles. The van der Waals surface area contributed by atoms with Crippen molar-refractivity contribution in [1.82, 2.24) is 5.32 Å². The zero-order chi connectivity index (χ0) is 13.3. The molecule has 0 spiro atoms. The summed E-state index contributed by atoms with van der Waals surface area (Å²) in [6, 6.07) is 0.870. The minimum absolute atomic E-state index is 0.757. The molecule has 1 fully saturated rings. The first-order chi connectivity index (χ1) is 9.36. The Hall–Kier alpha value is -0.340. The van der Waals surface area contributed by atoms with E-state index in [9.17, 15) is 0 Å². The van der Waals surface area contributed by atoms with Crippen LogP contribution in [0, 0.1) is 11.8 Å². The number of allylic oxidation sites excluding steroid dienone is 2. The summed E-state index contributed by atoms with van der Waals surface area (Å²) in [5.41, 5.74) is 0. The number of unbranched alkanes of at least 4 members (excludes halogenated alkanes) is 3. The third-order valence-corrected chi connectivity index (χ3v) is 4.48. The van der Waals surface area contributed by atoms with Crippen LogP contribution < -0.4 is 5.32 Å². The molecule has 2 nitrogen and oxygen atoms in total. The first-order valence-corrected chi connectivity index (χ1v) is 8.32. The van der Waals surface area contributed by atoms with Gasteiger partial charge in [-0.1, -0.05) is 31.9 Å². The van der Waals surface area contributed by atoms with Crippen molar-refractivity contribution in [2.75, 3.05) is 19.8 Å². The van der Waals surface area contributed by atoms with Gasteiger partial charge >= 0.3 is 0 Å². The van der Waals surface area contributed by atoms with E-state index in [4.69, 9.17) is 4.74 Å². The van der Waals surface area contributed by atoms with Crippen molar-refractivity contribution in [3.05, 3.63) is 12.2 Å². The average Bonchev–Trinajstić information content (AvgIpc) is 3.23. The number of nitrogens with one attached hydrogen (secondary N) is 1. The second-order valence-corrected chi connectivity index (χ2v) is 6.40. The zero-order valence-electron chi connectivity index (χ0n) is 12.6. The molecule has 2 atom stereocenters. The normalized spacial score (nSPS) is 26.8. The van der Waals surface area contributed by atoms with E-state index in [0.717, 1.165) is 31.1 Å². The summed E-state index contributed by atoms with van der Waals surface area (Å²) in [6.07, 6.45) is 15.2. The molecule has 2 heteroatoms. The topological polar surface area (TPSA) is 21.3 Å². The molecule has 0 heterocycles. The highest BCUT2D eigenvalue weighted by Crippen LogP contribution is 2.25. The van der Waals surface area contributed by atoms with Gasteiger partial charge in [-0.05, 0) is 56.9 Å². The zero-order valence-corrected chi connectivity index (χ0v) is 12.6. The van der Waals surface area contributed by atoms with Gasteiger partial charge in [0, 0.05) is 19.3 Å². The first kappa shape index (κ1) is 15.1. The maximum absolute atomic E-state index is 5.85. The molecular formula is C17H31NO. The predicted molar refractivity (Wildman–Crippen MR) is 81.3 cm³/mol. The fraction of sp³-hybridized carbons (Fsp3) is 0.882. The molecule has 0 aromatic heterocycles. The van der Waals surface area contributed by atoms with Gasteiger partial charge in [-0.15, -0.1) is 0 Å². The molecule has 2 rings (SSSR count). The Morgan fingerprint density at radius 3 is 2.63 bits per heavy atom. The molecule has 2 aliphatic rings. The Labute approximate surface area is 119 Å². The number of rotatable bonds is 10. The third-order valence-electron chi connectivity index (χ3n) is 4.48. The van der Waals surface area contributed by atoms with Crippen molar-refractivity contribution in [2.24, 2.45) is 11.8 Å². The van der Waals surface area contributed by atoms with Gasteiger partial charge in [0.05, 0.1) is 0 Å². The van der Waals surface area contributed by atoms with Crippen LogP contribution in [0.25, 0.3) is 0 Å². The van der Waals surface area contributed by atoms with Gasteiger partial charge in [-0.3, -0.25) is 0 Å². The lowest BCUT2D eigenvalue weighted by molar-refractivity contribution is 0.0765. The van der Waals surface area contributed by atoms with Gasteiger partial charge in [0.1, 0.15) is 0 Å². The van der Waals surface area contributed by atoms with E-state index < -0.39 is 0 Å². The molecular weight excluding hydrogens is 234 g/mol. The quantitative estimate of drug-likeness (QED) is 0.477. The molecule has 0 aliphatic heterocycles. The van der Waals surface area contributed by atoms with Crippen molar-refractivity contribution in [2.45, 2.75) is 64.3 Å². The summed E-state index contributed by atoms with van der Waals surface area (Å²) >= 11 is 0. The standard InChI is InChI=1S/C17H31NO/c1-15-8-4-5-9-16(15)14-19-13-7-3-2-6-12-18-17-10-11-17/h4-5,15-18H,2-3,6-14H2,1H3. The average molecular weight is 265 g/mol. The Kier molecular flexibility index (Phi) is 6.94. The molecule has 0 bridgehead atoms. The van der Waals surface area contributed by atoms with Crippen molar-refractivity contribution in [3.63, 3.8) is 0 Å². The largest absolute Gasteiger partial charge is 0.381 e. The van der Waals surface area contributed by atoms with Crippen LogP contribution in [0.1, 0.15) is 58.3 Å². The van der Waals surface area contributed by atoms with Crippen molar-refractivity contribution in [1.29, 1.82) is 0 Å². The molecule has 0 radical (unpaired) electrons. The molecule has 0 aromatic rings. The molecule has 110 valence electrons. The number of ether oxygens (including phenoxy) is 1. The van der Waals surface area contributed by atoms with Crippen LogP contribution in [0.2, 0.25) is 0 Å². The van der Waals surface area contributed by atoms with E-state index >= 15 is 0 Å². The Morgan fingerprint density at radius 2 is 1.84 bits per heavy atom. The maximum atomic E-state index is 5.85. The highest BCUT2D eigenvalue weighted by molar-refractivity contribution is 4.93. The summed E-state index contributed by atoms with van der Waals surface area (Å²) < 4.78 is 5.85. The van der Waals surface area contributed by atoms with E-state index in [0.29, 0.717) is 0 Å². The van der Waals surface area contributed by atoms with Crippen LogP contribution in [0.5, 0.6) is 0 Å². The van der Waals surface area contributed by atoms with Gasteiger partial charge in [0.25, 0.3) is 0 Å². The third kappa shape index (κ3) is 6.58. The van der Waals surface area contributed by atoms with E-state index in [1.165, 1.54) is 57.9 Å². The second kappa shape index (κ2) is 8.76. The van der Waals surface area contributed by atoms with E-state index in [1.807, 2.05) is 0 Å².